The van der Waals surface area contributed by atoms with Crippen LogP contribution >= 0.6 is 0 Å². The molecular weight excluding hydrogens is 176 g/mol. The molecule has 0 spiro atoms. The highest BCUT2D eigenvalue weighted by molar-refractivity contribution is 4.88. The highest BCUT2D eigenvalue weighted by Gasteiger charge is 2.31. The second-order valence-corrected chi connectivity index (χ2v) is 4.55. The fraction of sp³-hybridized carbons (Fsp3) is 0.833. The average Bonchev–Trinajstić information content (AvgIpc) is 2.08. The molecule has 0 heterocycles. The monoisotopic (exact) mass is 198 g/mol. The Kier molecular flexibility index (Phi) is 5.83. The van der Waals surface area contributed by atoms with Crippen LogP contribution in [0.2, 0.25) is 0 Å². The molecule has 14 heavy (non-hydrogen) atoms. The van der Waals surface area contributed by atoms with Crippen LogP contribution in [0.5, 0.6) is 0 Å². The van der Waals surface area contributed by atoms with Gasteiger partial charge in [-0.2, -0.15) is 0 Å². The smallest absolute Gasteiger partial charge is 0.0882 e. The summed E-state index contributed by atoms with van der Waals surface area (Å²) in [6.07, 6.45) is 5.76. The standard InChI is InChI=1S/C12H22O2/c1-6-8-9-10(13)11(14-7-2)12(3,4)5/h1,10-11,13H,7-9H2,2-5H3. The largest absolute Gasteiger partial charge is 0.390 e. The predicted octanol–water partition coefficient (Wildman–Crippen LogP) is 2.21. The van der Waals surface area contributed by atoms with Gasteiger partial charge in [-0.3, -0.25) is 0 Å². The summed E-state index contributed by atoms with van der Waals surface area (Å²) < 4.78 is 5.55. The van der Waals surface area contributed by atoms with E-state index in [9.17, 15) is 5.11 Å². The molecular formula is C12H22O2. The van der Waals surface area contributed by atoms with Gasteiger partial charge in [0.2, 0.25) is 0 Å². The van der Waals surface area contributed by atoms with E-state index in [1.54, 1.807) is 0 Å². The van der Waals surface area contributed by atoms with E-state index in [2.05, 4.69) is 26.7 Å². The second kappa shape index (κ2) is 6.06. The molecule has 0 radical (unpaired) electrons. The van der Waals surface area contributed by atoms with Crippen LogP contribution in [0.4, 0.5) is 0 Å². The lowest BCUT2D eigenvalue weighted by molar-refractivity contribution is -0.0897. The third kappa shape index (κ3) is 4.64. The summed E-state index contributed by atoms with van der Waals surface area (Å²) in [5.74, 6) is 2.53. The molecule has 0 aliphatic heterocycles. The Labute approximate surface area is 87.7 Å². The average molecular weight is 198 g/mol. The van der Waals surface area contributed by atoms with Crippen molar-refractivity contribution in [2.24, 2.45) is 5.41 Å². The van der Waals surface area contributed by atoms with E-state index in [1.807, 2.05) is 6.92 Å². The number of terminal acetylenes is 1. The molecule has 0 fully saturated rings. The van der Waals surface area contributed by atoms with Crippen LogP contribution in [0.3, 0.4) is 0 Å². The van der Waals surface area contributed by atoms with Crippen LogP contribution in [0, 0.1) is 17.8 Å². The van der Waals surface area contributed by atoms with Gasteiger partial charge >= 0.3 is 0 Å². The van der Waals surface area contributed by atoms with Crippen LogP contribution in [-0.4, -0.2) is 23.9 Å². The summed E-state index contributed by atoms with van der Waals surface area (Å²) in [5.41, 5.74) is -0.0516. The maximum absolute atomic E-state index is 9.89. The van der Waals surface area contributed by atoms with Crippen LogP contribution in [0.15, 0.2) is 0 Å². The normalized spacial score (nSPS) is 16.0. The molecule has 82 valence electrons. The predicted molar refractivity (Wildman–Crippen MR) is 58.9 cm³/mol. The summed E-state index contributed by atoms with van der Waals surface area (Å²) in [6.45, 7) is 8.74. The maximum Gasteiger partial charge on any atom is 0.0882 e. The first-order valence-corrected chi connectivity index (χ1v) is 5.16. The first-order valence-electron chi connectivity index (χ1n) is 5.16. The van der Waals surface area contributed by atoms with Crippen molar-refractivity contribution >= 4 is 0 Å². The Balaban J connectivity index is 4.27. The SMILES string of the molecule is C#CCCC(O)C(OCC)C(C)(C)C. The van der Waals surface area contributed by atoms with E-state index in [1.165, 1.54) is 0 Å². The third-order valence-corrected chi connectivity index (χ3v) is 2.13. The summed E-state index contributed by atoms with van der Waals surface area (Å²) in [4.78, 5) is 0. The lowest BCUT2D eigenvalue weighted by Gasteiger charge is -2.33. The van der Waals surface area contributed by atoms with Crippen molar-refractivity contribution in [1.29, 1.82) is 0 Å². The molecule has 2 atom stereocenters. The summed E-state index contributed by atoms with van der Waals surface area (Å²) in [5, 5.41) is 9.89. The molecule has 2 nitrogen and oxygen atoms in total. The molecule has 0 aliphatic rings. The molecule has 0 rings (SSSR count). The van der Waals surface area contributed by atoms with E-state index in [-0.39, 0.29) is 11.5 Å². The van der Waals surface area contributed by atoms with E-state index in [4.69, 9.17) is 11.2 Å². The lowest BCUT2D eigenvalue weighted by Crippen LogP contribution is -2.40. The minimum Gasteiger partial charge on any atom is -0.390 e. The fourth-order valence-electron chi connectivity index (χ4n) is 1.50. The highest BCUT2D eigenvalue weighted by atomic mass is 16.5. The molecule has 0 amide bonds. The third-order valence-electron chi connectivity index (χ3n) is 2.13. The van der Waals surface area contributed by atoms with Crippen molar-refractivity contribution in [3.63, 3.8) is 0 Å². The lowest BCUT2D eigenvalue weighted by atomic mass is 9.84. The number of rotatable bonds is 5. The first kappa shape index (κ1) is 13.5. The molecule has 0 saturated carbocycles. The van der Waals surface area contributed by atoms with Gasteiger partial charge in [-0.05, 0) is 18.8 Å². The molecule has 2 unspecified atom stereocenters. The van der Waals surface area contributed by atoms with Crippen molar-refractivity contribution in [2.75, 3.05) is 6.61 Å². The number of hydrogen-bond donors (Lipinski definition) is 1. The van der Waals surface area contributed by atoms with Gasteiger partial charge in [0.1, 0.15) is 0 Å². The van der Waals surface area contributed by atoms with Gasteiger partial charge in [0.15, 0.2) is 0 Å². The fourth-order valence-corrected chi connectivity index (χ4v) is 1.50. The van der Waals surface area contributed by atoms with Crippen molar-refractivity contribution in [3.8, 4) is 12.3 Å². The van der Waals surface area contributed by atoms with Gasteiger partial charge in [0.05, 0.1) is 12.2 Å². The first-order chi connectivity index (χ1) is 6.43. The Hall–Kier alpha value is -0.520. The Morgan fingerprint density at radius 2 is 2.00 bits per heavy atom. The highest BCUT2D eigenvalue weighted by Crippen LogP contribution is 2.26. The van der Waals surface area contributed by atoms with Crippen molar-refractivity contribution in [1.82, 2.24) is 0 Å². The van der Waals surface area contributed by atoms with Crippen molar-refractivity contribution < 1.29 is 9.84 Å². The maximum atomic E-state index is 9.89. The van der Waals surface area contributed by atoms with Crippen molar-refractivity contribution in [2.45, 2.75) is 52.7 Å². The molecule has 0 aromatic carbocycles. The van der Waals surface area contributed by atoms with Gasteiger partial charge in [-0.25, -0.2) is 0 Å². The number of ether oxygens (including phenoxy) is 1. The summed E-state index contributed by atoms with van der Waals surface area (Å²) >= 11 is 0. The summed E-state index contributed by atoms with van der Waals surface area (Å²) in [7, 11) is 0. The van der Waals surface area contributed by atoms with Gasteiger partial charge in [-0.1, -0.05) is 20.8 Å². The molecule has 1 N–H and O–H groups in total. The zero-order valence-corrected chi connectivity index (χ0v) is 9.71. The van der Waals surface area contributed by atoms with Crippen LogP contribution in [0.25, 0.3) is 0 Å². The zero-order valence-electron chi connectivity index (χ0n) is 9.71. The van der Waals surface area contributed by atoms with Gasteiger partial charge in [0.25, 0.3) is 0 Å². The van der Waals surface area contributed by atoms with Crippen molar-refractivity contribution in [3.05, 3.63) is 0 Å². The Bertz CT molecular complexity index is 185. The molecule has 0 aliphatic carbocycles. The van der Waals surface area contributed by atoms with E-state index >= 15 is 0 Å². The zero-order chi connectivity index (χ0) is 11.2. The van der Waals surface area contributed by atoms with E-state index < -0.39 is 6.10 Å². The molecule has 2 heteroatoms. The van der Waals surface area contributed by atoms with E-state index in [0.29, 0.717) is 19.4 Å². The quantitative estimate of drug-likeness (QED) is 0.686. The minimum atomic E-state index is -0.467. The number of aliphatic hydroxyl groups is 1. The van der Waals surface area contributed by atoms with Gasteiger partial charge in [0, 0.05) is 13.0 Å². The Morgan fingerprint density at radius 1 is 1.43 bits per heavy atom. The van der Waals surface area contributed by atoms with Crippen LogP contribution in [0.1, 0.15) is 40.5 Å². The topological polar surface area (TPSA) is 29.5 Å². The van der Waals surface area contributed by atoms with Crippen LogP contribution < -0.4 is 0 Å². The number of aliphatic hydroxyl groups excluding tert-OH is 1. The summed E-state index contributed by atoms with van der Waals surface area (Å²) in [6, 6.07) is 0. The Morgan fingerprint density at radius 3 is 2.36 bits per heavy atom. The van der Waals surface area contributed by atoms with E-state index in [0.717, 1.165) is 0 Å². The molecule has 0 aromatic heterocycles. The second-order valence-electron chi connectivity index (χ2n) is 4.55. The molecule has 0 aromatic rings. The minimum absolute atomic E-state index is 0.0516. The van der Waals surface area contributed by atoms with Gasteiger partial charge < -0.3 is 9.84 Å². The molecule has 0 saturated heterocycles. The van der Waals surface area contributed by atoms with Crippen LogP contribution in [-0.2, 0) is 4.74 Å². The molecule has 0 bridgehead atoms. The number of hydrogen-bond acceptors (Lipinski definition) is 2. The van der Waals surface area contributed by atoms with Gasteiger partial charge in [-0.15, -0.1) is 12.3 Å².